The van der Waals surface area contributed by atoms with E-state index in [1.165, 1.54) is 0 Å². The van der Waals surface area contributed by atoms with Crippen molar-refractivity contribution in [2.45, 2.75) is 45.6 Å². The molecule has 3 nitrogen and oxygen atoms in total. The average molecular weight is 272 g/mol. The van der Waals surface area contributed by atoms with Gasteiger partial charge in [-0.15, -0.1) is 11.6 Å². The fraction of sp³-hybridized carbons (Fsp3) is 0.643. The molecule has 1 heterocycles. The van der Waals surface area contributed by atoms with Crippen LogP contribution in [-0.4, -0.2) is 24.3 Å². The third-order valence-corrected chi connectivity index (χ3v) is 2.67. The van der Waals surface area contributed by atoms with E-state index in [1.807, 2.05) is 26.0 Å². The van der Waals surface area contributed by atoms with Crippen LogP contribution >= 0.6 is 11.6 Å². The van der Waals surface area contributed by atoms with Crippen LogP contribution in [0, 0.1) is 0 Å². The molecule has 0 aliphatic rings. The Kier molecular flexibility index (Phi) is 7.06. The van der Waals surface area contributed by atoms with Gasteiger partial charge in [0.15, 0.2) is 0 Å². The first-order valence-corrected chi connectivity index (χ1v) is 6.99. The number of rotatable bonds is 8. The molecule has 0 aliphatic heterocycles. The molecule has 1 aromatic heterocycles. The smallest absolute Gasteiger partial charge is 0.213 e. The molecule has 0 fully saturated rings. The summed E-state index contributed by atoms with van der Waals surface area (Å²) in [6.07, 6.45) is 2.24. The fourth-order valence-corrected chi connectivity index (χ4v) is 1.74. The van der Waals surface area contributed by atoms with Crippen LogP contribution in [0.4, 0.5) is 0 Å². The molecule has 0 bridgehead atoms. The second-order valence-electron chi connectivity index (χ2n) is 4.46. The minimum atomic E-state index is 0.228. The molecule has 0 saturated heterocycles. The summed E-state index contributed by atoms with van der Waals surface area (Å²) in [5.74, 6) is 1.13. The minimum Gasteiger partial charge on any atom is -0.475 e. The highest BCUT2D eigenvalue weighted by molar-refractivity contribution is 6.17. The Morgan fingerprint density at radius 3 is 2.67 bits per heavy atom. The normalized spacial score (nSPS) is 10.9. The molecular formula is C14H22ClNO2. The topological polar surface area (TPSA) is 31.4 Å². The van der Waals surface area contributed by atoms with E-state index < -0.39 is 0 Å². The molecule has 0 aromatic carbocycles. The highest BCUT2D eigenvalue weighted by Crippen LogP contribution is 2.15. The third-order valence-electron chi connectivity index (χ3n) is 2.36. The monoisotopic (exact) mass is 271 g/mol. The maximum Gasteiger partial charge on any atom is 0.213 e. The number of aromatic nitrogens is 1. The van der Waals surface area contributed by atoms with Crippen LogP contribution in [0.5, 0.6) is 5.88 Å². The molecule has 0 atom stereocenters. The third kappa shape index (κ3) is 5.69. The molecule has 0 saturated carbocycles. The van der Waals surface area contributed by atoms with Gasteiger partial charge in [0.2, 0.25) is 5.88 Å². The molecule has 1 aromatic rings. The van der Waals surface area contributed by atoms with Crippen LogP contribution in [0.25, 0.3) is 0 Å². The van der Waals surface area contributed by atoms with Gasteiger partial charge >= 0.3 is 0 Å². The number of pyridine rings is 1. The van der Waals surface area contributed by atoms with Crippen molar-refractivity contribution < 1.29 is 9.47 Å². The molecule has 0 aliphatic carbocycles. The van der Waals surface area contributed by atoms with Crippen LogP contribution in [-0.2, 0) is 17.0 Å². The lowest BCUT2D eigenvalue weighted by Gasteiger charge is -2.10. The molecule has 4 heteroatoms. The predicted octanol–water partition coefficient (Wildman–Crippen LogP) is 3.58. The lowest BCUT2D eigenvalue weighted by molar-refractivity contribution is 0.0542. The molecule has 18 heavy (non-hydrogen) atoms. The van der Waals surface area contributed by atoms with Crippen molar-refractivity contribution in [3.05, 3.63) is 23.4 Å². The van der Waals surface area contributed by atoms with E-state index in [0.29, 0.717) is 25.0 Å². The Bertz CT molecular complexity index is 356. The van der Waals surface area contributed by atoms with E-state index in [-0.39, 0.29) is 6.10 Å². The van der Waals surface area contributed by atoms with E-state index in [0.717, 1.165) is 24.1 Å². The van der Waals surface area contributed by atoms with Gasteiger partial charge < -0.3 is 9.47 Å². The van der Waals surface area contributed by atoms with Crippen LogP contribution < -0.4 is 4.74 Å². The highest BCUT2D eigenvalue weighted by Gasteiger charge is 2.03. The number of hydrogen-bond donors (Lipinski definition) is 0. The maximum atomic E-state index is 5.87. The standard InChI is InChI=1S/C14H22ClNO2/c1-4-5-13-8-12(10-15)9-14(16-13)18-7-6-17-11(2)3/h8-9,11H,4-7,10H2,1-3H3. The second kappa shape index (κ2) is 8.33. The van der Waals surface area contributed by atoms with E-state index in [9.17, 15) is 0 Å². The van der Waals surface area contributed by atoms with Gasteiger partial charge in [0.25, 0.3) is 0 Å². The summed E-state index contributed by atoms with van der Waals surface area (Å²) in [6.45, 7) is 7.24. The SMILES string of the molecule is CCCc1cc(CCl)cc(OCCOC(C)C)n1. The zero-order valence-corrected chi connectivity index (χ0v) is 12.2. The number of halogens is 1. The van der Waals surface area contributed by atoms with Crippen molar-refractivity contribution in [1.82, 2.24) is 4.98 Å². The van der Waals surface area contributed by atoms with E-state index in [4.69, 9.17) is 21.1 Å². The highest BCUT2D eigenvalue weighted by atomic mass is 35.5. The molecule has 0 radical (unpaired) electrons. The van der Waals surface area contributed by atoms with Crippen molar-refractivity contribution >= 4 is 11.6 Å². The van der Waals surface area contributed by atoms with Crippen LogP contribution in [0.1, 0.15) is 38.4 Å². The first-order valence-electron chi connectivity index (χ1n) is 6.46. The fourth-order valence-electron chi connectivity index (χ4n) is 1.59. The summed E-state index contributed by atoms with van der Waals surface area (Å²) >= 11 is 5.87. The van der Waals surface area contributed by atoms with E-state index in [1.54, 1.807) is 0 Å². The van der Waals surface area contributed by atoms with Gasteiger partial charge in [-0.25, -0.2) is 4.98 Å². The molecule has 0 unspecified atom stereocenters. The Balaban J connectivity index is 2.55. The zero-order valence-electron chi connectivity index (χ0n) is 11.4. The number of nitrogens with zero attached hydrogens (tertiary/aromatic N) is 1. The van der Waals surface area contributed by atoms with Gasteiger partial charge in [-0.05, 0) is 31.9 Å². The molecule has 0 N–H and O–H groups in total. The van der Waals surface area contributed by atoms with Crippen LogP contribution in [0.2, 0.25) is 0 Å². The second-order valence-corrected chi connectivity index (χ2v) is 4.72. The van der Waals surface area contributed by atoms with Gasteiger partial charge in [-0.3, -0.25) is 0 Å². The van der Waals surface area contributed by atoms with Crippen molar-refractivity contribution in [2.24, 2.45) is 0 Å². The Hall–Kier alpha value is -0.800. The van der Waals surface area contributed by atoms with E-state index in [2.05, 4.69) is 11.9 Å². The predicted molar refractivity (Wildman–Crippen MR) is 74.4 cm³/mol. The van der Waals surface area contributed by atoms with Crippen molar-refractivity contribution in [1.29, 1.82) is 0 Å². The number of hydrogen-bond acceptors (Lipinski definition) is 3. The molecule has 0 spiro atoms. The van der Waals surface area contributed by atoms with E-state index >= 15 is 0 Å². The summed E-state index contributed by atoms with van der Waals surface area (Å²) in [4.78, 5) is 4.45. The summed E-state index contributed by atoms with van der Waals surface area (Å²) < 4.78 is 11.0. The summed E-state index contributed by atoms with van der Waals surface area (Å²) in [5, 5.41) is 0. The van der Waals surface area contributed by atoms with Crippen LogP contribution in [0.3, 0.4) is 0 Å². The number of ether oxygens (including phenoxy) is 2. The Labute approximate surface area is 114 Å². The number of aryl methyl sites for hydroxylation is 1. The first kappa shape index (κ1) is 15.3. The molecule has 0 amide bonds. The quantitative estimate of drug-likeness (QED) is 0.535. The van der Waals surface area contributed by atoms with Gasteiger partial charge in [-0.2, -0.15) is 0 Å². The summed E-state index contributed by atoms with van der Waals surface area (Å²) in [6, 6.07) is 3.93. The molecule has 102 valence electrons. The van der Waals surface area contributed by atoms with Gasteiger partial charge in [0.1, 0.15) is 6.61 Å². The van der Waals surface area contributed by atoms with Crippen molar-refractivity contribution in [3.8, 4) is 5.88 Å². The minimum absolute atomic E-state index is 0.228. The zero-order chi connectivity index (χ0) is 13.4. The average Bonchev–Trinajstić information content (AvgIpc) is 2.34. The van der Waals surface area contributed by atoms with Crippen molar-refractivity contribution in [2.75, 3.05) is 13.2 Å². The van der Waals surface area contributed by atoms with Gasteiger partial charge in [0.05, 0.1) is 12.7 Å². The molecule has 1 rings (SSSR count). The van der Waals surface area contributed by atoms with Crippen LogP contribution in [0.15, 0.2) is 12.1 Å². The largest absolute Gasteiger partial charge is 0.475 e. The van der Waals surface area contributed by atoms with Gasteiger partial charge in [0, 0.05) is 17.6 Å². The number of alkyl halides is 1. The van der Waals surface area contributed by atoms with Gasteiger partial charge in [-0.1, -0.05) is 13.3 Å². The first-order chi connectivity index (χ1) is 8.65. The maximum absolute atomic E-state index is 5.87. The Morgan fingerprint density at radius 1 is 1.28 bits per heavy atom. The summed E-state index contributed by atoms with van der Waals surface area (Å²) in [7, 11) is 0. The molecular weight excluding hydrogens is 250 g/mol. The van der Waals surface area contributed by atoms with Crippen molar-refractivity contribution in [3.63, 3.8) is 0 Å². The lowest BCUT2D eigenvalue weighted by Crippen LogP contribution is -2.12. The Morgan fingerprint density at radius 2 is 2.06 bits per heavy atom. The lowest BCUT2D eigenvalue weighted by atomic mass is 10.2. The summed E-state index contributed by atoms with van der Waals surface area (Å²) in [5.41, 5.74) is 2.09.